The maximum Gasteiger partial charge on any atom is 0.338 e. The second kappa shape index (κ2) is 38.9. The molecule has 1 aliphatic rings. The fraction of sp³-hybridized carbons (Fsp3) is 0.433. The molecule has 2 N–H and O–H groups in total. The first-order valence-electron chi connectivity index (χ1n) is 26.7. The van der Waals surface area contributed by atoms with Gasteiger partial charge in [0.25, 0.3) is 20.2 Å². The second-order valence-electron chi connectivity index (χ2n) is 19.8. The van der Waals surface area contributed by atoms with Gasteiger partial charge in [0.15, 0.2) is 0 Å². The molecule has 0 aromatic heterocycles. The molecule has 22 nitrogen and oxygen atoms in total. The molecule has 86 heavy (non-hydrogen) atoms. The highest BCUT2D eigenvalue weighted by Crippen LogP contribution is 2.23. The van der Waals surface area contributed by atoms with Crippen LogP contribution in [0.25, 0.3) is 0 Å². The van der Waals surface area contributed by atoms with Crippen LogP contribution in [-0.2, 0) is 85.9 Å². The van der Waals surface area contributed by atoms with Crippen molar-refractivity contribution >= 4 is 101 Å². The molecule has 1 saturated carbocycles. The summed E-state index contributed by atoms with van der Waals surface area (Å²) in [7, 11) is -6.14. The molecule has 1 fully saturated rings. The standard InChI is InChI=1S/C20H27NO6S.C20H21NO6S.C10H15BrO4.C10H16ClNO3/c2*1-14(2)20(23)27-17-8-6-16(7-9-17)21-19(22)12-13-26-28(24,25)18-10-4-15(3)5-11-18;1-7(2)8(12)14-5-6-15-9(13)10(3,4)11;1-8(2)10(14)12(3)6-7-15-9(13)4-5-11/h4-5,10-11,16-17H,1,6-9,12-13H2,2-3H3,(H,21,22);4-11H,1,12-13H2,2-3H3,(H,21,22);1,5-6H2,2-4H3;1,4-7H2,2-3H3. The van der Waals surface area contributed by atoms with E-state index in [2.05, 4.69) is 52.9 Å². The number of benzene rings is 3. The van der Waals surface area contributed by atoms with Gasteiger partial charge >= 0.3 is 29.8 Å². The van der Waals surface area contributed by atoms with Gasteiger partial charge in [-0.25, -0.2) is 14.4 Å². The van der Waals surface area contributed by atoms with Crippen molar-refractivity contribution in [3.63, 3.8) is 0 Å². The maximum atomic E-state index is 12.1. The predicted octanol–water partition coefficient (Wildman–Crippen LogP) is 8.86. The number of rotatable bonds is 27. The van der Waals surface area contributed by atoms with Crippen LogP contribution in [0, 0.1) is 13.8 Å². The lowest BCUT2D eigenvalue weighted by molar-refractivity contribution is -0.151. The molecule has 3 aromatic rings. The molecule has 3 amide bonds. The Hall–Kier alpha value is -7.03. The number of nitrogens with zero attached hydrogens (tertiary/aromatic N) is 1. The molecule has 3 aromatic carbocycles. The van der Waals surface area contributed by atoms with E-state index in [0.717, 1.165) is 11.1 Å². The maximum absolute atomic E-state index is 12.1. The van der Waals surface area contributed by atoms with Crippen LogP contribution in [0.1, 0.15) is 97.6 Å². The highest BCUT2D eigenvalue weighted by atomic mass is 79.9. The number of carbonyl (C=O) groups excluding carboxylic acids is 8. The number of nitrogens with one attached hydrogen (secondary N) is 2. The Morgan fingerprint density at radius 2 is 1.07 bits per heavy atom. The lowest BCUT2D eigenvalue weighted by Gasteiger charge is -2.29. The van der Waals surface area contributed by atoms with Crippen LogP contribution in [0.3, 0.4) is 0 Å². The Kier molecular flexibility index (Phi) is 34.8. The van der Waals surface area contributed by atoms with Crippen molar-refractivity contribution in [3.8, 4) is 5.75 Å². The summed E-state index contributed by atoms with van der Waals surface area (Å²) in [5, 5.41) is 5.48. The van der Waals surface area contributed by atoms with Crippen molar-refractivity contribution in [3.05, 3.63) is 133 Å². The molecular formula is C60H79BrClN3O19S2. The molecule has 0 unspecified atom stereocenters. The van der Waals surface area contributed by atoms with Crippen LogP contribution in [-0.4, -0.2) is 138 Å². The summed E-state index contributed by atoms with van der Waals surface area (Å²) in [5.41, 5.74) is 3.78. The van der Waals surface area contributed by atoms with Crippen LogP contribution in [0.5, 0.6) is 5.75 Å². The molecule has 26 heteroatoms. The van der Waals surface area contributed by atoms with Crippen molar-refractivity contribution in [2.75, 3.05) is 57.8 Å². The first-order valence-corrected chi connectivity index (χ1v) is 30.9. The van der Waals surface area contributed by atoms with Gasteiger partial charge in [0.2, 0.25) is 17.7 Å². The SMILES string of the molecule is C=C(C)C(=O)N(C)CCOC(=O)CCCl.C=C(C)C(=O)OC1CCC(NC(=O)CCOS(=O)(=O)c2ccc(C)cc2)CC1.C=C(C)C(=O)OCCOC(=O)C(C)(C)Br.C=C(C)C(=O)Oc1ccc(NC(=O)CCOS(=O)(=O)c2ccc(C)cc2)cc1. The van der Waals surface area contributed by atoms with Crippen molar-refractivity contribution in [1.82, 2.24) is 10.2 Å². The van der Waals surface area contributed by atoms with Crippen molar-refractivity contribution < 1.29 is 87.2 Å². The number of ether oxygens (including phenoxy) is 5. The van der Waals surface area contributed by atoms with E-state index in [-0.39, 0.29) is 109 Å². The summed E-state index contributed by atoms with van der Waals surface area (Å²) >= 11 is 8.50. The smallest absolute Gasteiger partial charge is 0.338 e. The molecule has 474 valence electrons. The van der Waals surface area contributed by atoms with Crippen LogP contribution in [0.4, 0.5) is 5.69 Å². The predicted molar refractivity (Wildman–Crippen MR) is 327 cm³/mol. The molecular weight excluding hydrogens is 1250 g/mol. The number of alkyl halides is 2. The van der Waals surface area contributed by atoms with E-state index >= 15 is 0 Å². The van der Waals surface area contributed by atoms with E-state index in [1.807, 2.05) is 13.8 Å². The Bertz CT molecular complexity index is 3050. The zero-order chi connectivity index (χ0) is 65.4. The van der Waals surface area contributed by atoms with Crippen LogP contribution in [0.15, 0.2) is 131 Å². The van der Waals surface area contributed by atoms with E-state index in [1.165, 1.54) is 48.2 Å². The first-order chi connectivity index (χ1) is 40.1. The fourth-order valence-electron chi connectivity index (χ4n) is 6.37. The first kappa shape index (κ1) is 77.0. The minimum Gasteiger partial charge on any atom is -0.464 e. The molecule has 0 bridgehead atoms. The Labute approximate surface area is 518 Å². The summed E-state index contributed by atoms with van der Waals surface area (Å²) in [6.45, 7) is 27.5. The summed E-state index contributed by atoms with van der Waals surface area (Å²) in [4.78, 5) is 92.9. The van der Waals surface area contributed by atoms with Crippen molar-refractivity contribution in [1.29, 1.82) is 0 Å². The highest BCUT2D eigenvalue weighted by molar-refractivity contribution is 9.10. The third-order valence-corrected chi connectivity index (χ3v) is 14.4. The lowest BCUT2D eigenvalue weighted by atomic mass is 9.93. The normalized spacial score (nSPS) is 13.5. The largest absolute Gasteiger partial charge is 0.464 e. The van der Waals surface area contributed by atoms with Gasteiger partial charge in [-0.05, 0) is 130 Å². The topological polar surface area (TPSA) is 297 Å². The van der Waals surface area contributed by atoms with E-state index in [9.17, 15) is 55.2 Å². The number of halogens is 2. The van der Waals surface area contributed by atoms with Gasteiger partial charge in [-0.15, -0.1) is 11.6 Å². The number of carbonyl (C=O) groups is 8. The van der Waals surface area contributed by atoms with Gasteiger partial charge in [0, 0.05) is 46.9 Å². The second-order valence-corrected chi connectivity index (χ2v) is 25.4. The summed E-state index contributed by atoms with van der Waals surface area (Å²) in [6.07, 6.45) is 2.59. The molecule has 0 radical (unpaired) electrons. The Morgan fingerprint density at radius 3 is 1.51 bits per heavy atom. The van der Waals surface area contributed by atoms with Crippen LogP contribution in [0.2, 0.25) is 0 Å². The number of hydrogen-bond acceptors (Lipinski definition) is 19. The van der Waals surface area contributed by atoms with Gasteiger partial charge < -0.3 is 39.2 Å². The number of hydrogen-bond donors (Lipinski definition) is 2. The minimum absolute atomic E-state index is 0.0130. The summed E-state index contributed by atoms with van der Waals surface area (Å²) in [5.74, 6) is -2.41. The number of likely N-dealkylation sites (N-methyl/N-ethyl adjacent to an activating group) is 1. The van der Waals surface area contributed by atoms with E-state index in [4.69, 9.17) is 43.7 Å². The molecule has 0 heterocycles. The molecule has 0 aliphatic heterocycles. The average molecular weight is 1330 g/mol. The molecule has 1 aliphatic carbocycles. The third kappa shape index (κ3) is 32.5. The van der Waals surface area contributed by atoms with Crippen molar-refractivity contribution in [2.45, 2.75) is 127 Å². The molecule has 0 saturated heterocycles. The van der Waals surface area contributed by atoms with Gasteiger partial charge in [-0.2, -0.15) is 16.8 Å². The zero-order valence-electron chi connectivity index (χ0n) is 50.1. The Balaban J connectivity index is 0.000000600. The van der Waals surface area contributed by atoms with E-state index < -0.39 is 48.4 Å². The van der Waals surface area contributed by atoms with Crippen LogP contribution >= 0.6 is 27.5 Å². The molecule has 0 atom stereocenters. The number of anilines is 1. The fourth-order valence-corrected chi connectivity index (χ4v) is 8.46. The highest BCUT2D eigenvalue weighted by Gasteiger charge is 2.27. The zero-order valence-corrected chi connectivity index (χ0v) is 54.1. The summed E-state index contributed by atoms with van der Waals surface area (Å²) < 4.78 is 82.2. The van der Waals surface area contributed by atoms with Gasteiger partial charge in [0.05, 0.1) is 48.8 Å². The summed E-state index contributed by atoms with van der Waals surface area (Å²) in [6, 6.07) is 18.7. The number of amides is 3. The van der Waals surface area contributed by atoms with Crippen LogP contribution < -0.4 is 15.4 Å². The monoisotopic (exact) mass is 1320 g/mol. The Morgan fingerprint density at radius 1 is 0.605 bits per heavy atom. The van der Waals surface area contributed by atoms with E-state index in [0.29, 0.717) is 60.4 Å². The van der Waals surface area contributed by atoms with E-state index in [1.54, 1.807) is 78.1 Å². The van der Waals surface area contributed by atoms with Gasteiger partial charge in [0.1, 0.15) is 36.0 Å². The molecule has 0 spiro atoms. The average Bonchev–Trinajstić information content (AvgIpc) is 3.10. The third-order valence-electron chi connectivity index (χ3n) is 11.2. The quantitative estimate of drug-likeness (QED) is 0.0137. The van der Waals surface area contributed by atoms with Gasteiger partial charge in [-0.1, -0.05) is 77.6 Å². The van der Waals surface area contributed by atoms with Gasteiger partial charge in [-0.3, -0.25) is 32.3 Å². The minimum atomic E-state index is -3.91. The number of esters is 5. The van der Waals surface area contributed by atoms with Crippen molar-refractivity contribution in [2.24, 2.45) is 0 Å². The molecule has 4 rings (SSSR count). The number of aryl methyl sites for hydroxylation is 2. The lowest BCUT2D eigenvalue weighted by Crippen LogP contribution is -2.39.